The minimum atomic E-state index is 0.289. The van der Waals surface area contributed by atoms with Gasteiger partial charge in [0, 0.05) is 6.54 Å². The van der Waals surface area contributed by atoms with Crippen LogP contribution in [0.1, 0.15) is 25.7 Å². The van der Waals surface area contributed by atoms with Crippen LogP contribution in [-0.2, 0) is 0 Å². The van der Waals surface area contributed by atoms with Crippen molar-refractivity contribution in [2.45, 2.75) is 25.7 Å². The average Bonchev–Trinajstić information content (AvgIpc) is 2.95. The molecule has 1 saturated carbocycles. The van der Waals surface area contributed by atoms with Crippen molar-refractivity contribution in [3.63, 3.8) is 0 Å². The van der Waals surface area contributed by atoms with E-state index in [1.54, 1.807) is 0 Å². The Bertz CT molecular complexity index is 549. The molecular formula is C11H17N9. The van der Waals surface area contributed by atoms with Gasteiger partial charge < -0.3 is 5.32 Å². The fraction of sp³-hybridized carbons (Fsp3) is 0.545. The first-order valence-corrected chi connectivity index (χ1v) is 6.67. The predicted molar refractivity (Wildman–Crippen MR) is 73.0 cm³/mol. The van der Waals surface area contributed by atoms with E-state index in [0.717, 1.165) is 18.9 Å². The zero-order chi connectivity index (χ0) is 13.8. The van der Waals surface area contributed by atoms with E-state index in [2.05, 4.69) is 35.8 Å². The molecule has 0 saturated heterocycles. The molecule has 4 N–H and O–H groups in total. The van der Waals surface area contributed by atoms with E-state index in [1.165, 1.54) is 36.6 Å². The van der Waals surface area contributed by atoms with Crippen molar-refractivity contribution in [2.24, 2.45) is 11.8 Å². The summed E-state index contributed by atoms with van der Waals surface area (Å²) >= 11 is 0. The lowest BCUT2D eigenvalue weighted by Crippen LogP contribution is -2.19. The van der Waals surface area contributed by atoms with Crippen molar-refractivity contribution < 1.29 is 0 Å². The molecule has 0 bridgehead atoms. The number of hydrazine groups is 1. The Kier molecular flexibility index (Phi) is 3.68. The maximum atomic E-state index is 5.37. The summed E-state index contributed by atoms with van der Waals surface area (Å²) in [6, 6.07) is 0. The second-order valence-electron chi connectivity index (χ2n) is 4.78. The van der Waals surface area contributed by atoms with Gasteiger partial charge in [-0.15, -0.1) is 0 Å². The van der Waals surface area contributed by atoms with Gasteiger partial charge in [-0.05, 0) is 12.3 Å². The molecule has 3 rings (SSSR count). The lowest BCUT2D eigenvalue weighted by molar-refractivity contribution is 0.303. The van der Waals surface area contributed by atoms with E-state index < -0.39 is 0 Å². The summed E-state index contributed by atoms with van der Waals surface area (Å²) in [5, 5.41) is 7.19. The molecule has 9 nitrogen and oxygen atoms in total. The first-order chi connectivity index (χ1) is 9.85. The number of nitrogens with two attached hydrogens (primary N) is 1. The van der Waals surface area contributed by atoms with Crippen LogP contribution in [0.4, 0.5) is 11.9 Å². The number of aromatic nitrogens is 6. The number of nitrogen functional groups attached to an aromatic ring is 1. The molecule has 9 heteroatoms. The van der Waals surface area contributed by atoms with Gasteiger partial charge in [-0.3, -0.25) is 5.43 Å². The summed E-state index contributed by atoms with van der Waals surface area (Å²) < 4.78 is 1.46. The quantitative estimate of drug-likeness (QED) is 0.510. The standard InChI is InChI=1S/C11H17N9/c12-19-10-16-9(14-5-4-8-2-1-3-8)17-11(18-10)20-7-13-6-15-20/h6-8H,1-5,12H2,(H2,14,16,17,18,19). The number of hydrogen-bond acceptors (Lipinski definition) is 8. The molecule has 0 radical (unpaired) electrons. The minimum absolute atomic E-state index is 0.289. The molecule has 0 amide bonds. The monoisotopic (exact) mass is 275 g/mol. The SMILES string of the molecule is NNc1nc(NCCC2CCC2)nc(-n2cncn2)n1. The van der Waals surface area contributed by atoms with Crippen LogP contribution in [0.3, 0.4) is 0 Å². The molecule has 1 aliphatic carbocycles. The minimum Gasteiger partial charge on any atom is -0.354 e. The van der Waals surface area contributed by atoms with Gasteiger partial charge in [0.05, 0.1) is 0 Å². The number of hydrogen-bond donors (Lipinski definition) is 3. The number of anilines is 2. The molecule has 0 aromatic carbocycles. The zero-order valence-corrected chi connectivity index (χ0v) is 11.0. The van der Waals surface area contributed by atoms with Crippen LogP contribution in [0.2, 0.25) is 0 Å². The van der Waals surface area contributed by atoms with E-state index in [4.69, 9.17) is 5.84 Å². The van der Waals surface area contributed by atoms with Gasteiger partial charge in [-0.2, -0.15) is 24.7 Å². The molecule has 1 aliphatic rings. The topological polar surface area (TPSA) is 119 Å². The van der Waals surface area contributed by atoms with Gasteiger partial charge in [-0.1, -0.05) is 19.3 Å². The molecule has 20 heavy (non-hydrogen) atoms. The highest BCUT2D eigenvalue weighted by molar-refractivity contribution is 5.36. The average molecular weight is 275 g/mol. The predicted octanol–water partition coefficient (Wildman–Crippen LogP) is 0.340. The van der Waals surface area contributed by atoms with Crippen LogP contribution < -0.4 is 16.6 Å². The lowest BCUT2D eigenvalue weighted by atomic mass is 9.83. The summed E-state index contributed by atoms with van der Waals surface area (Å²) in [4.78, 5) is 16.5. The Hall–Kier alpha value is -2.29. The molecule has 2 aromatic heterocycles. The molecule has 0 atom stereocenters. The second kappa shape index (κ2) is 5.78. The van der Waals surface area contributed by atoms with E-state index in [-0.39, 0.29) is 5.95 Å². The van der Waals surface area contributed by atoms with Crippen LogP contribution in [0.5, 0.6) is 0 Å². The van der Waals surface area contributed by atoms with E-state index in [0.29, 0.717) is 11.9 Å². The molecule has 0 spiro atoms. The molecule has 0 unspecified atom stereocenters. The Morgan fingerprint density at radius 1 is 1.25 bits per heavy atom. The summed E-state index contributed by atoms with van der Waals surface area (Å²) in [7, 11) is 0. The summed E-state index contributed by atoms with van der Waals surface area (Å²) in [6.45, 7) is 0.843. The van der Waals surface area contributed by atoms with Crippen molar-refractivity contribution in [1.29, 1.82) is 0 Å². The zero-order valence-electron chi connectivity index (χ0n) is 11.0. The Labute approximate surface area is 116 Å². The van der Waals surface area contributed by atoms with Gasteiger partial charge in [0.15, 0.2) is 0 Å². The van der Waals surface area contributed by atoms with E-state index in [9.17, 15) is 0 Å². The first kappa shape index (κ1) is 12.7. The fourth-order valence-corrected chi connectivity index (χ4v) is 2.09. The van der Waals surface area contributed by atoms with Crippen molar-refractivity contribution in [3.8, 4) is 5.95 Å². The van der Waals surface area contributed by atoms with Crippen LogP contribution in [0.15, 0.2) is 12.7 Å². The van der Waals surface area contributed by atoms with E-state index >= 15 is 0 Å². The first-order valence-electron chi connectivity index (χ1n) is 6.67. The van der Waals surface area contributed by atoms with Crippen molar-refractivity contribution in [3.05, 3.63) is 12.7 Å². The smallest absolute Gasteiger partial charge is 0.258 e. The second-order valence-corrected chi connectivity index (χ2v) is 4.78. The Morgan fingerprint density at radius 3 is 2.75 bits per heavy atom. The van der Waals surface area contributed by atoms with Crippen molar-refractivity contribution in [1.82, 2.24) is 29.7 Å². The highest BCUT2D eigenvalue weighted by Gasteiger charge is 2.16. The molecule has 2 heterocycles. The Morgan fingerprint density at radius 2 is 2.10 bits per heavy atom. The normalized spacial score (nSPS) is 14.8. The van der Waals surface area contributed by atoms with Gasteiger partial charge >= 0.3 is 0 Å². The molecule has 0 aliphatic heterocycles. The summed E-state index contributed by atoms with van der Waals surface area (Å²) in [6.07, 6.45) is 8.10. The van der Waals surface area contributed by atoms with E-state index in [1.807, 2.05) is 0 Å². The third-order valence-electron chi connectivity index (χ3n) is 3.44. The third-order valence-corrected chi connectivity index (χ3v) is 3.44. The molecular weight excluding hydrogens is 258 g/mol. The summed E-state index contributed by atoms with van der Waals surface area (Å²) in [5.41, 5.74) is 2.43. The molecule has 106 valence electrons. The van der Waals surface area contributed by atoms with Crippen LogP contribution >= 0.6 is 0 Å². The van der Waals surface area contributed by atoms with Gasteiger partial charge in [0.25, 0.3) is 5.95 Å². The lowest BCUT2D eigenvalue weighted by Gasteiger charge is -2.25. The van der Waals surface area contributed by atoms with Gasteiger partial charge in [-0.25, -0.2) is 10.8 Å². The van der Waals surface area contributed by atoms with Gasteiger partial charge in [0.2, 0.25) is 11.9 Å². The molecule has 2 aromatic rings. The highest BCUT2D eigenvalue weighted by atomic mass is 15.4. The largest absolute Gasteiger partial charge is 0.354 e. The maximum absolute atomic E-state index is 5.37. The third kappa shape index (κ3) is 2.82. The number of nitrogens with zero attached hydrogens (tertiary/aromatic N) is 6. The van der Waals surface area contributed by atoms with Crippen molar-refractivity contribution >= 4 is 11.9 Å². The van der Waals surface area contributed by atoms with Crippen LogP contribution in [0, 0.1) is 5.92 Å². The highest BCUT2D eigenvalue weighted by Crippen LogP contribution is 2.29. The van der Waals surface area contributed by atoms with Crippen LogP contribution in [0.25, 0.3) is 5.95 Å². The number of rotatable bonds is 6. The van der Waals surface area contributed by atoms with Gasteiger partial charge in [0.1, 0.15) is 12.7 Å². The fourth-order valence-electron chi connectivity index (χ4n) is 2.09. The number of nitrogens with one attached hydrogen (secondary N) is 2. The maximum Gasteiger partial charge on any atom is 0.258 e. The van der Waals surface area contributed by atoms with Crippen LogP contribution in [-0.4, -0.2) is 36.3 Å². The Balaban J connectivity index is 1.70. The molecule has 1 fully saturated rings. The summed E-state index contributed by atoms with van der Waals surface area (Å²) in [5.74, 6) is 7.36. The van der Waals surface area contributed by atoms with Crippen molar-refractivity contribution in [2.75, 3.05) is 17.3 Å².